The molecule has 2 saturated carbocycles. The Bertz CT molecular complexity index is 851. The average Bonchev–Trinajstić information content (AvgIpc) is 2.58. The summed E-state index contributed by atoms with van der Waals surface area (Å²) in [5.41, 5.74) is -0.339. The van der Waals surface area contributed by atoms with Gasteiger partial charge in [-0.25, -0.2) is 26.9 Å². The number of alkyl halides is 6. The standard InChI is InChI=1S/C17H16F5IN6/c18-12(19)10-2-1-3-11(26-10)13-27-14(24-8-4-16(20,21)5-8)29-15(28-13)25-9-6-17(22,23)7-9/h1-3,8-9,12H,4-7H2,(H2,24,25,27,28,29). The molecular formula is C17H16F5IN6. The van der Waals surface area contributed by atoms with Gasteiger partial charge in [0, 0.05) is 37.8 Å². The molecular weight excluding hydrogens is 510 g/mol. The van der Waals surface area contributed by atoms with E-state index < -0.39 is 27.8 Å². The zero-order valence-corrected chi connectivity index (χ0v) is 17.0. The van der Waals surface area contributed by atoms with Crippen LogP contribution in [-0.4, -0.2) is 41.6 Å². The van der Waals surface area contributed by atoms with Gasteiger partial charge in [0.05, 0.1) is 0 Å². The van der Waals surface area contributed by atoms with Crippen LogP contribution >= 0.6 is 22.6 Å². The minimum Gasteiger partial charge on any atom is -0.351 e. The molecule has 0 radical (unpaired) electrons. The summed E-state index contributed by atoms with van der Waals surface area (Å²) in [4.78, 5) is 16.4. The molecule has 0 saturated heterocycles. The van der Waals surface area contributed by atoms with Crippen molar-refractivity contribution in [3.8, 4) is 11.5 Å². The lowest BCUT2D eigenvalue weighted by atomic mass is 9.88. The van der Waals surface area contributed by atoms with Crippen molar-refractivity contribution >= 4 is 34.5 Å². The maximum Gasteiger partial charge on any atom is 0.280 e. The number of nitrogens with zero attached hydrogens (tertiary/aromatic N) is 4. The molecule has 0 spiro atoms. The molecule has 0 bridgehead atoms. The fourth-order valence-corrected chi connectivity index (χ4v) is 4.27. The Hall–Kier alpha value is -1.86. The second kappa shape index (κ2) is 7.43. The van der Waals surface area contributed by atoms with Gasteiger partial charge < -0.3 is 10.6 Å². The van der Waals surface area contributed by atoms with Crippen LogP contribution in [0, 0.1) is 0 Å². The summed E-state index contributed by atoms with van der Waals surface area (Å²) in [5.74, 6) is -2.58. The molecule has 0 atom stereocenters. The van der Waals surface area contributed by atoms with Crippen molar-refractivity contribution in [1.82, 2.24) is 19.9 Å². The maximum absolute atomic E-state index is 13.7. The number of anilines is 2. The number of hydrogen-bond acceptors (Lipinski definition) is 6. The van der Waals surface area contributed by atoms with Crippen molar-refractivity contribution in [3.05, 3.63) is 23.9 Å². The van der Waals surface area contributed by atoms with Crippen molar-refractivity contribution < 1.29 is 22.0 Å². The molecule has 2 aliphatic rings. The predicted molar refractivity (Wildman–Crippen MR) is 104 cm³/mol. The van der Waals surface area contributed by atoms with E-state index in [0.717, 1.165) is 0 Å². The van der Waals surface area contributed by atoms with Crippen LogP contribution in [0.4, 0.5) is 33.8 Å². The van der Waals surface area contributed by atoms with Crippen molar-refractivity contribution in [2.24, 2.45) is 0 Å². The van der Waals surface area contributed by atoms with Crippen LogP contribution in [0.2, 0.25) is 0 Å². The maximum atomic E-state index is 13.7. The summed E-state index contributed by atoms with van der Waals surface area (Å²) in [7, 11) is 0. The van der Waals surface area contributed by atoms with E-state index in [1.165, 1.54) is 18.2 Å². The van der Waals surface area contributed by atoms with Crippen molar-refractivity contribution in [1.29, 1.82) is 0 Å². The molecule has 29 heavy (non-hydrogen) atoms. The topological polar surface area (TPSA) is 75.6 Å². The quantitative estimate of drug-likeness (QED) is 0.322. The molecule has 0 unspecified atom stereocenters. The van der Waals surface area contributed by atoms with Crippen molar-refractivity contribution in [2.75, 3.05) is 10.6 Å². The summed E-state index contributed by atoms with van der Waals surface area (Å²) in [6.45, 7) is 0. The van der Waals surface area contributed by atoms with E-state index in [4.69, 9.17) is 0 Å². The molecule has 2 N–H and O–H groups in total. The molecule has 6 nitrogen and oxygen atoms in total. The summed E-state index contributed by atoms with van der Waals surface area (Å²) in [6.07, 6.45) is -2.95. The van der Waals surface area contributed by atoms with Gasteiger partial charge >= 0.3 is 0 Å². The Kier molecular flexibility index (Phi) is 5.23. The number of halogens is 6. The number of hydrogen-bond donors (Lipinski definition) is 2. The second-order valence-electron chi connectivity index (χ2n) is 7.27. The molecule has 4 rings (SSSR count). The molecule has 156 valence electrons. The molecule has 12 heteroatoms. The first kappa shape index (κ1) is 20.4. The third-order valence-electron chi connectivity index (χ3n) is 4.71. The lowest BCUT2D eigenvalue weighted by Crippen LogP contribution is -2.45. The number of nitrogens with one attached hydrogen (secondary N) is 2. The van der Waals surface area contributed by atoms with E-state index in [0.29, 0.717) is 0 Å². The van der Waals surface area contributed by atoms with E-state index in [-0.39, 0.29) is 55.1 Å². The Balaban J connectivity index is 1.60. The zero-order valence-electron chi connectivity index (χ0n) is 14.8. The highest BCUT2D eigenvalue weighted by Crippen LogP contribution is 2.43. The third-order valence-corrected chi connectivity index (χ3v) is 5.59. The normalized spacial score (nSPS) is 26.0. The predicted octanol–water partition coefficient (Wildman–Crippen LogP) is 4.76. The van der Waals surface area contributed by atoms with Gasteiger partial charge in [0.1, 0.15) is 11.4 Å². The minimum atomic E-state index is -2.76. The van der Waals surface area contributed by atoms with E-state index in [1.807, 2.05) is 0 Å². The van der Waals surface area contributed by atoms with E-state index in [2.05, 4.69) is 30.6 Å². The van der Waals surface area contributed by atoms with Crippen molar-refractivity contribution in [3.63, 3.8) is 0 Å². The molecule has 0 amide bonds. The molecule has 0 aliphatic heterocycles. The fourth-order valence-electron chi connectivity index (χ4n) is 3.21. The van der Waals surface area contributed by atoms with Gasteiger partial charge in [-0.15, -0.1) is 0 Å². The van der Waals surface area contributed by atoms with Gasteiger partial charge in [-0.1, -0.05) is 6.07 Å². The van der Waals surface area contributed by atoms with Crippen LogP contribution in [-0.2, 0) is 0 Å². The Labute approximate surface area is 176 Å². The van der Waals surface area contributed by atoms with Crippen LogP contribution in [0.15, 0.2) is 18.2 Å². The van der Waals surface area contributed by atoms with Crippen LogP contribution < -0.4 is 10.6 Å². The Morgan fingerprint density at radius 3 is 2.00 bits per heavy atom. The Morgan fingerprint density at radius 2 is 1.48 bits per heavy atom. The van der Waals surface area contributed by atoms with Crippen LogP contribution in [0.25, 0.3) is 11.5 Å². The number of rotatable bonds is 6. The first-order valence-corrected chi connectivity index (χ1v) is 9.97. The molecule has 2 aliphatic carbocycles. The minimum absolute atomic E-state index is 0.0129. The van der Waals surface area contributed by atoms with Gasteiger partial charge in [0.25, 0.3) is 12.3 Å². The fraction of sp³-hybridized carbons (Fsp3) is 0.529. The third kappa shape index (κ3) is 4.83. The van der Waals surface area contributed by atoms with Gasteiger partial charge in [0.2, 0.25) is 11.9 Å². The van der Waals surface area contributed by atoms with Crippen LogP contribution in [0.3, 0.4) is 0 Å². The molecule has 0 aromatic carbocycles. The van der Waals surface area contributed by atoms with E-state index >= 15 is 0 Å². The first-order chi connectivity index (χ1) is 13.6. The lowest BCUT2D eigenvalue weighted by molar-refractivity contribution is -0.0794. The van der Waals surface area contributed by atoms with Gasteiger partial charge in [-0.3, -0.25) is 0 Å². The average molecular weight is 526 g/mol. The van der Waals surface area contributed by atoms with Crippen molar-refractivity contribution in [2.45, 2.75) is 53.8 Å². The first-order valence-electron chi connectivity index (χ1n) is 8.89. The lowest BCUT2D eigenvalue weighted by Gasteiger charge is -2.37. The molecule has 2 fully saturated rings. The van der Waals surface area contributed by atoms with Gasteiger partial charge in [0.15, 0.2) is 9.50 Å². The monoisotopic (exact) mass is 526 g/mol. The molecule has 2 aromatic heterocycles. The van der Waals surface area contributed by atoms with Gasteiger partial charge in [-0.2, -0.15) is 15.0 Å². The largest absolute Gasteiger partial charge is 0.351 e. The second-order valence-corrected chi connectivity index (χ2v) is 9.20. The highest BCUT2D eigenvalue weighted by atomic mass is 127. The number of aromatic nitrogens is 4. The zero-order chi connectivity index (χ0) is 20.8. The highest BCUT2D eigenvalue weighted by Gasteiger charge is 2.46. The smallest absolute Gasteiger partial charge is 0.280 e. The number of pyridine rings is 1. The summed E-state index contributed by atoms with van der Waals surface area (Å²) < 4.78 is 64.6. The van der Waals surface area contributed by atoms with Crippen LogP contribution in [0.1, 0.15) is 37.8 Å². The van der Waals surface area contributed by atoms with Crippen LogP contribution in [0.5, 0.6) is 0 Å². The SMILES string of the molecule is FC(F)c1cccc(-c2nc(NC3CC(F)(F)C3)nc(NC3CC(F)(I)C3)n2)n1. The van der Waals surface area contributed by atoms with Gasteiger partial charge in [-0.05, 0) is 34.7 Å². The summed E-state index contributed by atoms with van der Waals surface area (Å²) in [6, 6.07) is 3.34. The molecule has 2 heterocycles. The van der Waals surface area contributed by atoms with E-state index in [1.54, 1.807) is 22.6 Å². The van der Waals surface area contributed by atoms with E-state index in [9.17, 15) is 22.0 Å². The summed E-state index contributed by atoms with van der Waals surface area (Å²) >= 11 is 1.73. The summed E-state index contributed by atoms with van der Waals surface area (Å²) in [5, 5.41) is 5.79. The molecule has 2 aromatic rings. The Morgan fingerprint density at radius 1 is 0.897 bits per heavy atom. The highest BCUT2D eigenvalue weighted by molar-refractivity contribution is 14.1.